The van der Waals surface area contributed by atoms with Gasteiger partial charge >= 0.3 is 0 Å². The van der Waals surface area contributed by atoms with Crippen molar-refractivity contribution in [3.05, 3.63) is 52.8 Å². The number of nitrogens with one attached hydrogen (secondary N) is 1. The van der Waals surface area contributed by atoms with E-state index in [-0.39, 0.29) is 26.9 Å². The second kappa shape index (κ2) is 5.60. The lowest BCUT2D eigenvalue weighted by atomic mass is 10.2. The Morgan fingerprint density at radius 2 is 1.95 bits per heavy atom. The van der Waals surface area contributed by atoms with Crippen LogP contribution in [0.25, 0.3) is 0 Å². The van der Waals surface area contributed by atoms with Gasteiger partial charge in [-0.05, 0) is 36.4 Å². The third-order valence-corrected chi connectivity index (χ3v) is 4.33. The highest BCUT2D eigenvalue weighted by atomic mass is 35.5. The first-order chi connectivity index (χ1) is 9.83. The summed E-state index contributed by atoms with van der Waals surface area (Å²) in [7, 11) is -3.96. The van der Waals surface area contributed by atoms with E-state index in [4.69, 9.17) is 22.6 Å². The maximum Gasteiger partial charge on any atom is 0.262 e. The Bertz CT molecular complexity index is 847. The summed E-state index contributed by atoms with van der Waals surface area (Å²) in [4.78, 5) is -0.113. The maximum absolute atomic E-state index is 13.0. The molecule has 2 rings (SSSR count). The third-order valence-electron chi connectivity index (χ3n) is 2.62. The Balaban J connectivity index is 2.42. The molecule has 0 spiro atoms. The minimum Gasteiger partial charge on any atom is -0.397 e. The van der Waals surface area contributed by atoms with Crippen LogP contribution in [0.15, 0.2) is 41.3 Å². The van der Waals surface area contributed by atoms with Crippen molar-refractivity contribution in [3.8, 4) is 6.07 Å². The molecule has 0 unspecified atom stereocenters. The number of nitrogens with zero attached hydrogens (tertiary/aromatic N) is 1. The largest absolute Gasteiger partial charge is 0.397 e. The highest BCUT2D eigenvalue weighted by molar-refractivity contribution is 7.92. The van der Waals surface area contributed by atoms with Crippen LogP contribution >= 0.6 is 11.6 Å². The summed E-state index contributed by atoms with van der Waals surface area (Å²) in [5.41, 5.74) is 5.53. The molecule has 0 atom stereocenters. The van der Waals surface area contributed by atoms with E-state index in [1.165, 1.54) is 24.3 Å². The molecule has 108 valence electrons. The minimum absolute atomic E-state index is 0.0209. The number of halogens is 2. The van der Waals surface area contributed by atoms with Crippen molar-refractivity contribution in [2.24, 2.45) is 0 Å². The molecule has 5 nitrogen and oxygen atoms in total. The Hall–Kier alpha value is -2.30. The van der Waals surface area contributed by atoms with E-state index in [1.807, 2.05) is 0 Å². The van der Waals surface area contributed by atoms with Gasteiger partial charge in [0, 0.05) is 0 Å². The zero-order valence-electron chi connectivity index (χ0n) is 10.5. The van der Waals surface area contributed by atoms with Crippen molar-refractivity contribution in [1.82, 2.24) is 0 Å². The van der Waals surface area contributed by atoms with Crippen LogP contribution in [-0.2, 0) is 10.0 Å². The summed E-state index contributed by atoms with van der Waals surface area (Å²) in [6.45, 7) is 0. The standard InChI is InChI=1S/C13H9ClFN3O2S/c14-11-3-2-10(6-12(11)17)21(19,20)18-13-4-1-9(15)5-8(13)7-16/h1-6,18H,17H2. The van der Waals surface area contributed by atoms with Gasteiger partial charge in [-0.1, -0.05) is 11.6 Å². The summed E-state index contributed by atoms with van der Waals surface area (Å²) in [6.07, 6.45) is 0. The van der Waals surface area contributed by atoms with E-state index in [2.05, 4.69) is 4.72 Å². The predicted molar refractivity (Wildman–Crippen MR) is 77.8 cm³/mol. The lowest BCUT2D eigenvalue weighted by Crippen LogP contribution is -2.14. The van der Waals surface area contributed by atoms with E-state index in [1.54, 1.807) is 6.07 Å². The molecular formula is C13H9ClFN3O2S. The van der Waals surface area contributed by atoms with Gasteiger partial charge in [0.15, 0.2) is 0 Å². The molecule has 0 saturated heterocycles. The third kappa shape index (κ3) is 3.24. The zero-order valence-corrected chi connectivity index (χ0v) is 12.0. The fourth-order valence-corrected chi connectivity index (χ4v) is 2.82. The summed E-state index contributed by atoms with van der Waals surface area (Å²) in [5.74, 6) is -0.634. The van der Waals surface area contributed by atoms with E-state index >= 15 is 0 Å². The summed E-state index contributed by atoms with van der Waals surface area (Å²) in [5, 5.41) is 9.13. The molecule has 0 radical (unpaired) electrons. The van der Waals surface area contributed by atoms with Gasteiger partial charge in [-0.15, -0.1) is 0 Å². The number of nitriles is 1. The first kappa shape index (κ1) is 15.1. The number of benzene rings is 2. The van der Waals surface area contributed by atoms with E-state index in [0.717, 1.165) is 12.1 Å². The van der Waals surface area contributed by atoms with Crippen LogP contribution in [0.3, 0.4) is 0 Å². The fourth-order valence-electron chi connectivity index (χ4n) is 1.59. The van der Waals surface area contributed by atoms with Gasteiger partial charge in [-0.2, -0.15) is 5.26 Å². The molecule has 0 aliphatic carbocycles. The zero-order chi connectivity index (χ0) is 15.6. The SMILES string of the molecule is N#Cc1cc(F)ccc1NS(=O)(=O)c1ccc(Cl)c(N)c1. The number of rotatable bonds is 3. The monoisotopic (exact) mass is 325 g/mol. The van der Waals surface area contributed by atoms with Crippen molar-refractivity contribution in [2.45, 2.75) is 4.90 Å². The van der Waals surface area contributed by atoms with Gasteiger partial charge in [0.2, 0.25) is 0 Å². The smallest absolute Gasteiger partial charge is 0.262 e. The number of hydrogen-bond donors (Lipinski definition) is 2. The molecule has 0 aromatic heterocycles. The number of sulfonamides is 1. The Labute approximate surface area is 125 Å². The molecular weight excluding hydrogens is 317 g/mol. The first-order valence-corrected chi connectivity index (χ1v) is 7.47. The molecule has 21 heavy (non-hydrogen) atoms. The van der Waals surface area contributed by atoms with Crippen LogP contribution in [0.1, 0.15) is 5.56 Å². The van der Waals surface area contributed by atoms with E-state index in [9.17, 15) is 12.8 Å². The van der Waals surface area contributed by atoms with Crippen LogP contribution in [0.2, 0.25) is 5.02 Å². The fraction of sp³-hybridized carbons (Fsp3) is 0. The molecule has 2 aromatic rings. The van der Waals surface area contributed by atoms with Gasteiger partial charge in [0.1, 0.15) is 11.9 Å². The summed E-state index contributed by atoms with van der Waals surface area (Å²) in [6, 6.07) is 8.70. The van der Waals surface area contributed by atoms with Gasteiger partial charge in [-0.3, -0.25) is 4.72 Å². The lowest BCUT2D eigenvalue weighted by molar-refractivity contribution is 0.601. The lowest BCUT2D eigenvalue weighted by Gasteiger charge is -2.10. The molecule has 0 amide bonds. The van der Waals surface area contributed by atoms with Crippen molar-refractivity contribution in [2.75, 3.05) is 10.5 Å². The highest BCUT2D eigenvalue weighted by Gasteiger charge is 2.17. The van der Waals surface area contributed by atoms with E-state index in [0.29, 0.717) is 0 Å². The summed E-state index contributed by atoms with van der Waals surface area (Å²) < 4.78 is 39.7. The van der Waals surface area contributed by atoms with Crippen molar-refractivity contribution < 1.29 is 12.8 Å². The molecule has 0 aliphatic heterocycles. The molecule has 3 N–H and O–H groups in total. The van der Waals surface area contributed by atoms with Crippen LogP contribution in [-0.4, -0.2) is 8.42 Å². The van der Waals surface area contributed by atoms with Crippen LogP contribution < -0.4 is 10.5 Å². The van der Waals surface area contributed by atoms with Crippen LogP contribution in [0.4, 0.5) is 15.8 Å². The average molecular weight is 326 g/mol. The molecule has 2 aromatic carbocycles. The Morgan fingerprint density at radius 3 is 2.57 bits per heavy atom. The first-order valence-electron chi connectivity index (χ1n) is 5.61. The molecule has 0 fully saturated rings. The van der Waals surface area contributed by atoms with Gasteiger partial charge in [-0.25, -0.2) is 12.8 Å². The van der Waals surface area contributed by atoms with Gasteiger partial charge in [0.25, 0.3) is 10.0 Å². The number of anilines is 2. The minimum atomic E-state index is -3.96. The Morgan fingerprint density at radius 1 is 1.24 bits per heavy atom. The maximum atomic E-state index is 13.0. The van der Waals surface area contributed by atoms with Gasteiger partial charge < -0.3 is 5.73 Å². The number of nitrogens with two attached hydrogens (primary N) is 1. The topological polar surface area (TPSA) is 96.0 Å². The Kier molecular flexibility index (Phi) is 4.02. The second-order valence-corrected chi connectivity index (χ2v) is 6.18. The normalized spacial score (nSPS) is 10.9. The highest BCUT2D eigenvalue weighted by Crippen LogP contribution is 2.25. The molecule has 8 heteroatoms. The van der Waals surface area contributed by atoms with Crippen molar-refractivity contribution >= 4 is 33.0 Å². The van der Waals surface area contributed by atoms with Crippen LogP contribution in [0.5, 0.6) is 0 Å². The van der Waals surface area contributed by atoms with Crippen molar-refractivity contribution in [3.63, 3.8) is 0 Å². The van der Waals surface area contributed by atoms with Crippen LogP contribution in [0, 0.1) is 17.1 Å². The summed E-state index contributed by atoms with van der Waals surface area (Å²) >= 11 is 5.73. The molecule has 0 bridgehead atoms. The number of hydrogen-bond acceptors (Lipinski definition) is 4. The second-order valence-electron chi connectivity index (χ2n) is 4.09. The molecule has 0 saturated carbocycles. The molecule has 0 heterocycles. The molecule has 0 aliphatic rings. The van der Waals surface area contributed by atoms with E-state index < -0.39 is 15.8 Å². The van der Waals surface area contributed by atoms with Crippen molar-refractivity contribution in [1.29, 1.82) is 5.26 Å². The number of nitrogen functional groups attached to an aromatic ring is 1. The quantitative estimate of drug-likeness (QED) is 0.848. The van der Waals surface area contributed by atoms with Gasteiger partial charge in [0.05, 0.1) is 26.9 Å². The predicted octanol–water partition coefficient (Wildman–Crippen LogP) is 2.73. The average Bonchev–Trinajstić information content (AvgIpc) is 2.43.